The Balaban J connectivity index is 1.62. The SMILES string of the molecule is C=C1C=C[C@@]2(C)C(=C1)[C@@H](F)C[C@@H]1[C@@H]2[C@@H](O)C[C@@]2(C)[C@H]1C[C@H]1OC(C)(C)O[C@]12C(=O)CO. The molecular weight excluding hydrogens is 399 g/mol. The number of hydrogen-bond acceptors (Lipinski definition) is 5. The van der Waals surface area contributed by atoms with E-state index in [0.717, 1.165) is 5.57 Å². The van der Waals surface area contributed by atoms with Gasteiger partial charge in [-0.05, 0) is 56.1 Å². The Labute approximate surface area is 183 Å². The number of ketones is 1. The predicted octanol–water partition coefficient (Wildman–Crippen LogP) is 3.26. The molecule has 4 aliphatic carbocycles. The van der Waals surface area contributed by atoms with Gasteiger partial charge in [0.25, 0.3) is 0 Å². The van der Waals surface area contributed by atoms with Gasteiger partial charge in [0.2, 0.25) is 0 Å². The van der Waals surface area contributed by atoms with E-state index in [4.69, 9.17) is 9.47 Å². The molecule has 3 saturated carbocycles. The molecule has 0 spiro atoms. The lowest BCUT2D eigenvalue weighted by Crippen LogP contribution is -2.64. The first-order valence-electron chi connectivity index (χ1n) is 11.3. The molecule has 1 heterocycles. The summed E-state index contributed by atoms with van der Waals surface area (Å²) in [6.45, 7) is 10.8. The van der Waals surface area contributed by atoms with Crippen molar-refractivity contribution in [2.75, 3.05) is 6.61 Å². The van der Waals surface area contributed by atoms with Crippen molar-refractivity contribution in [1.82, 2.24) is 0 Å². The van der Waals surface area contributed by atoms with Crippen LogP contribution in [0.5, 0.6) is 0 Å². The second-order valence-electron chi connectivity index (χ2n) is 11.1. The molecule has 5 aliphatic rings. The average molecular weight is 433 g/mol. The molecular formula is C25H33FO5. The van der Waals surface area contributed by atoms with Crippen molar-refractivity contribution in [1.29, 1.82) is 0 Å². The van der Waals surface area contributed by atoms with E-state index in [-0.39, 0.29) is 17.8 Å². The van der Waals surface area contributed by atoms with Gasteiger partial charge in [-0.2, -0.15) is 0 Å². The third-order valence-corrected chi connectivity index (χ3v) is 9.12. The highest BCUT2D eigenvalue weighted by Gasteiger charge is 2.77. The monoisotopic (exact) mass is 432 g/mol. The molecule has 9 atom stereocenters. The molecule has 0 aromatic carbocycles. The smallest absolute Gasteiger partial charge is 0.193 e. The quantitative estimate of drug-likeness (QED) is 0.701. The third-order valence-electron chi connectivity index (χ3n) is 9.12. The largest absolute Gasteiger partial charge is 0.393 e. The lowest BCUT2D eigenvalue weighted by molar-refractivity contribution is -0.226. The lowest BCUT2D eigenvalue weighted by atomic mass is 9.46. The Morgan fingerprint density at radius 2 is 2.00 bits per heavy atom. The first-order chi connectivity index (χ1) is 14.4. The standard InChI is InChI=1S/C25H33FO5/c1-13-6-7-23(4)16(8-13)17(26)9-14-15-10-20-25(19(29)12-27,31-22(2,3)30-20)24(15,5)11-18(28)21(14)23/h6-8,14-15,17-18,20-21,27-28H,1,9-12H2,2-5H3/t14-,15-,17-,18-,20+,21+,23-,24-,25+/m0/s1. The zero-order valence-electron chi connectivity index (χ0n) is 18.7. The van der Waals surface area contributed by atoms with Gasteiger partial charge in [-0.15, -0.1) is 0 Å². The fourth-order valence-corrected chi connectivity index (χ4v) is 8.12. The zero-order chi connectivity index (χ0) is 22.6. The number of allylic oxidation sites excluding steroid dienone is 5. The van der Waals surface area contributed by atoms with Crippen molar-refractivity contribution in [3.05, 3.63) is 36.0 Å². The van der Waals surface area contributed by atoms with Crippen molar-refractivity contribution < 1.29 is 28.9 Å². The van der Waals surface area contributed by atoms with E-state index in [0.29, 0.717) is 24.8 Å². The topological polar surface area (TPSA) is 76.0 Å². The van der Waals surface area contributed by atoms with Crippen LogP contribution in [0.25, 0.3) is 0 Å². The zero-order valence-corrected chi connectivity index (χ0v) is 18.7. The number of ether oxygens (including phenoxy) is 2. The number of carbonyl (C=O) groups is 1. The molecule has 4 fully saturated rings. The Morgan fingerprint density at radius 3 is 2.68 bits per heavy atom. The maximum atomic E-state index is 15.6. The first kappa shape index (κ1) is 21.5. The first-order valence-corrected chi connectivity index (χ1v) is 11.3. The summed E-state index contributed by atoms with van der Waals surface area (Å²) in [5.41, 5.74) is -1.23. The Morgan fingerprint density at radius 1 is 1.29 bits per heavy atom. The fraction of sp³-hybridized carbons (Fsp3) is 0.720. The summed E-state index contributed by atoms with van der Waals surface area (Å²) < 4.78 is 28.0. The predicted molar refractivity (Wildman–Crippen MR) is 113 cm³/mol. The molecule has 0 aromatic rings. The second kappa shape index (κ2) is 6.37. The average Bonchev–Trinajstić information content (AvgIpc) is 3.08. The Hall–Kier alpha value is -1.34. The van der Waals surface area contributed by atoms with Gasteiger partial charge < -0.3 is 19.7 Å². The Bertz CT molecular complexity index is 908. The highest BCUT2D eigenvalue weighted by atomic mass is 19.1. The fourth-order valence-electron chi connectivity index (χ4n) is 8.12. The number of fused-ring (bicyclic) bond motifs is 7. The van der Waals surface area contributed by atoms with Gasteiger partial charge in [-0.25, -0.2) is 4.39 Å². The van der Waals surface area contributed by atoms with Gasteiger partial charge >= 0.3 is 0 Å². The van der Waals surface area contributed by atoms with E-state index < -0.39 is 53.0 Å². The number of carbonyl (C=O) groups excluding carboxylic acids is 1. The molecule has 0 bridgehead atoms. The third kappa shape index (κ3) is 2.53. The van der Waals surface area contributed by atoms with E-state index >= 15 is 4.39 Å². The van der Waals surface area contributed by atoms with Crippen LogP contribution in [0.1, 0.15) is 47.0 Å². The molecule has 1 saturated heterocycles. The highest BCUT2D eigenvalue weighted by molar-refractivity contribution is 5.91. The number of halogens is 1. The molecule has 5 rings (SSSR count). The maximum absolute atomic E-state index is 15.6. The molecule has 0 unspecified atom stereocenters. The lowest BCUT2D eigenvalue weighted by Gasteiger charge is -2.60. The summed E-state index contributed by atoms with van der Waals surface area (Å²) in [5.74, 6) is -1.73. The van der Waals surface area contributed by atoms with Crippen LogP contribution < -0.4 is 0 Å². The van der Waals surface area contributed by atoms with Crippen LogP contribution in [0.4, 0.5) is 4.39 Å². The number of Topliss-reactive ketones (excluding diaryl/α,β-unsaturated/α-hetero) is 1. The van der Waals surface area contributed by atoms with Crippen LogP contribution in [0.15, 0.2) is 36.0 Å². The molecule has 2 N–H and O–H groups in total. The van der Waals surface area contributed by atoms with Gasteiger partial charge in [0.05, 0.1) is 12.2 Å². The van der Waals surface area contributed by atoms with E-state index in [1.807, 2.05) is 32.1 Å². The van der Waals surface area contributed by atoms with Gasteiger partial charge in [0.15, 0.2) is 17.2 Å². The Kier molecular flexibility index (Phi) is 4.42. The summed E-state index contributed by atoms with van der Waals surface area (Å²) in [5, 5.41) is 21.4. The van der Waals surface area contributed by atoms with Crippen LogP contribution in [0.2, 0.25) is 0 Å². The molecule has 6 heteroatoms. The summed E-state index contributed by atoms with van der Waals surface area (Å²) in [6.07, 6.45) is 4.54. The minimum atomic E-state index is -1.33. The van der Waals surface area contributed by atoms with Crippen LogP contribution >= 0.6 is 0 Å². The van der Waals surface area contributed by atoms with E-state index in [9.17, 15) is 15.0 Å². The van der Waals surface area contributed by atoms with Crippen LogP contribution in [-0.2, 0) is 14.3 Å². The van der Waals surface area contributed by atoms with Crippen LogP contribution in [0.3, 0.4) is 0 Å². The molecule has 31 heavy (non-hydrogen) atoms. The van der Waals surface area contributed by atoms with Crippen molar-refractivity contribution in [2.45, 2.75) is 76.7 Å². The van der Waals surface area contributed by atoms with Crippen LogP contribution in [0, 0.1) is 28.6 Å². The van der Waals surface area contributed by atoms with Gasteiger partial charge in [0.1, 0.15) is 12.8 Å². The van der Waals surface area contributed by atoms with E-state index in [1.165, 1.54) is 0 Å². The minimum Gasteiger partial charge on any atom is -0.393 e. The van der Waals surface area contributed by atoms with Gasteiger partial charge in [0, 0.05) is 16.7 Å². The normalized spacial score (nSPS) is 52.1. The van der Waals surface area contributed by atoms with Crippen molar-refractivity contribution in [3.8, 4) is 0 Å². The molecule has 0 amide bonds. The van der Waals surface area contributed by atoms with Crippen molar-refractivity contribution in [3.63, 3.8) is 0 Å². The van der Waals surface area contributed by atoms with E-state index in [1.54, 1.807) is 13.8 Å². The molecule has 170 valence electrons. The number of aliphatic hydroxyl groups excluding tert-OH is 2. The molecule has 0 radical (unpaired) electrons. The maximum Gasteiger partial charge on any atom is 0.193 e. The van der Waals surface area contributed by atoms with Gasteiger partial charge in [-0.1, -0.05) is 38.7 Å². The van der Waals surface area contributed by atoms with E-state index in [2.05, 4.69) is 6.58 Å². The van der Waals surface area contributed by atoms with Crippen molar-refractivity contribution in [2.24, 2.45) is 28.6 Å². The summed E-state index contributed by atoms with van der Waals surface area (Å²) >= 11 is 0. The summed E-state index contributed by atoms with van der Waals surface area (Å²) in [6, 6.07) is 0. The minimum absolute atomic E-state index is 0.0624. The van der Waals surface area contributed by atoms with Gasteiger partial charge in [-0.3, -0.25) is 4.79 Å². The molecule has 5 nitrogen and oxygen atoms in total. The number of hydrogen-bond donors (Lipinski definition) is 2. The number of rotatable bonds is 2. The molecule has 1 aliphatic heterocycles. The highest BCUT2D eigenvalue weighted by Crippen LogP contribution is 2.70. The van der Waals surface area contributed by atoms with Crippen LogP contribution in [-0.4, -0.2) is 52.4 Å². The second-order valence-corrected chi connectivity index (χ2v) is 11.1. The number of alkyl halides is 1. The van der Waals surface area contributed by atoms with Crippen molar-refractivity contribution >= 4 is 5.78 Å². The number of aliphatic hydroxyl groups is 2. The molecule has 0 aromatic heterocycles. The summed E-state index contributed by atoms with van der Waals surface area (Å²) in [7, 11) is 0. The summed E-state index contributed by atoms with van der Waals surface area (Å²) in [4.78, 5) is 13.2.